The summed E-state index contributed by atoms with van der Waals surface area (Å²) in [5, 5.41) is 3.13. The molecule has 3 aromatic carbocycles. The van der Waals surface area contributed by atoms with E-state index in [0.29, 0.717) is 12.2 Å². The fourth-order valence-corrected chi connectivity index (χ4v) is 6.84. The maximum atomic E-state index is 14.3. The van der Waals surface area contributed by atoms with Gasteiger partial charge < -0.3 is 19.7 Å². The van der Waals surface area contributed by atoms with Crippen molar-refractivity contribution in [2.24, 2.45) is 0 Å². The minimum atomic E-state index is -4.24. The van der Waals surface area contributed by atoms with Crippen molar-refractivity contribution in [3.63, 3.8) is 0 Å². The van der Waals surface area contributed by atoms with Crippen LogP contribution in [0.4, 0.5) is 5.69 Å². The second-order valence-electron chi connectivity index (χ2n) is 10.8. The average Bonchev–Trinajstić information content (AvgIpc) is 3.53. The van der Waals surface area contributed by atoms with E-state index in [2.05, 4.69) is 5.32 Å². The third-order valence-corrected chi connectivity index (χ3v) is 9.60. The summed E-state index contributed by atoms with van der Waals surface area (Å²) in [6.07, 6.45) is 4.30. The quantitative estimate of drug-likeness (QED) is 0.291. The van der Waals surface area contributed by atoms with E-state index in [0.717, 1.165) is 41.1 Å². The van der Waals surface area contributed by atoms with Gasteiger partial charge in [-0.1, -0.05) is 67.8 Å². The van der Waals surface area contributed by atoms with Gasteiger partial charge >= 0.3 is 0 Å². The number of aryl methyl sites for hydroxylation is 1. The zero-order valence-electron chi connectivity index (χ0n) is 25.3. The monoisotopic (exact) mass is 607 g/mol. The average molecular weight is 608 g/mol. The molecule has 43 heavy (non-hydrogen) atoms. The second-order valence-corrected chi connectivity index (χ2v) is 12.6. The van der Waals surface area contributed by atoms with E-state index < -0.39 is 28.5 Å². The van der Waals surface area contributed by atoms with Gasteiger partial charge in [-0.2, -0.15) is 0 Å². The highest BCUT2D eigenvalue weighted by molar-refractivity contribution is 7.92. The van der Waals surface area contributed by atoms with Gasteiger partial charge in [-0.3, -0.25) is 13.9 Å². The lowest BCUT2D eigenvalue weighted by Gasteiger charge is -2.34. The molecular formula is C33H41N3O6S. The summed E-state index contributed by atoms with van der Waals surface area (Å²) in [5.41, 5.74) is 2.05. The number of hydrogen-bond donors (Lipinski definition) is 1. The predicted molar refractivity (Wildman–Crippen MR) is 167 cm³/mol. The molecule has 1 aliphatic rings. The van der Waals surface area contributed by atoms with Gasteiger partial charge in [0.2, 0.25) is 11.8 Å². The Hall–Kier alpha value is -4.05. The molecule has 0 spiro atoms. The number of anilines is 1. The van der Waals surface area contributed by atoms with Gasteiger partial charge in [-0.05, 0) is 56.0 Å². The molecule has 230 valence electrons. The molecule has 4 rings (SSSR count). The zero-order chi connectivity index (χ0) is 31.0. The Labute approximate surface area is 254 Å². The Morgan fingerprint density at radius 3 is 2.23 bits per heavy atom. The fraction of sp³-hybridized carbons (Fsp3) is 0.394. The number of carbonyl (C=O) groups excluding carboxylic acids is 2. The maximum Gasteiger partial charge on any atom is 0.264 e. The van der Waals surface area contributed by atoms with Crippen molar-refractivity contribution in [2.75, 3.05) is 25.1 Å². The van der Waals surface area contributed by atoms with Gasteiger partial charge in [0.15, 0.2) is 0 Å². The summed E-state index contributed by atoms with van der Waals surface area (Å²) in [7, 11) is -1.33. The number of ether oxygens (including phenoxy) is 2. The molecule has 1 N–H and O–H groups in total. The number of amides is 2. The molecule has 0 aliphatic heterocycles. The van der Waals surface area contributed by atoms with Crippen molar-refractivity contribution in [3.05, 3.63) is 83.9 Å². The number of sulfonamides is 1. The Bertz CT molecular complexity index is 1490. The summed E-state index contributed by atoms with van der Waals surface area (Å²) in [5.74, 6) is -0.0933. The maximum absolute atomic E-state index is 14.3. The molecular weight excluding hydrogens is 566 g/mol. The molecule has 9 nitrogen and oxygen atoms in total. The lowest BCUT2D eigenvalue weighted by molar-refractivity contribution is -0.140. The highest BCUT2D eigenvalue weighted by Crippen LogP contribution is 2.36. The smallest absolute Gasteiger partial charge is 0.264 e. The summed E-state index contributed by atoms with van der Waals surface area (Å²) >= 11 is 0. The van der Waals surface area contributed by atoms with Gasteiger partial charge in [0.1, 0.15) is 24.1 Å². The molecule has 0 saturated heterocycles. The first-order valence-corrected chi connectivity index (χ1v) is 16.1. The van der Waals surface area contributed by atoms with Gasteiger partial charge in [0.05, 0.1) is 24.8 Å². The molecule has 0 aromatic heterocycles. The van der Waals surface area contributed by atoms with Crippen LogP contribution in [0.2, 0.25) is 0 Å². The van der Waals surface area contributed by atoms with Crippen LogP contribution in [-0.4, -0.2) is 58.0 Å². The summed E-state index contributed by atoms with van der Waals surface area (Å²) in [6.45, 7) is 3.42. The Morgan fingerprint density at radius 2 is 1.63 bits per heavy atom. The van der Waals surface area contributed by atoms with E-state index in [-0.39, 0.29) is 34.8 Å². The largest absolute Gasteiger partial charge is 0.497 e. The fourth-order valence-electron chi connectivity index (χ4n) is 5.40. The lowest BCUT2D eigenvalue weighted by Crippen LogP contribution is -2.53. The second kappa shape index (κ2) is 14.4. The van der Waals surface area contributed by atoms with Crippen LogP contribution in [0.25, 0.3) is 0 Å². The third-order valence-electron chi connectivity index (χ3n) is 7.83. The molecule has 1 fully saturated rings. The number of carbonyl (C=O) groups is 2. The molecule has 0 radical (unpaired) electrons. The zero-order valence-corrected chi connectivity index (χ0v) is 26.1. The lowest BCUT2D eigenvalue weighted by atomic mass is 10.1. The third kappa shape index (κ3) is 7.67. The molecule has 0 bridgehead atoms. The van der Waals surface area contributed by atoms with Crippen molar-refractivity contribution in [1.82, 2.24) is 10.2 Å². The number of benzene rings is 3. The van der Waals surface area contributed by atoms with Crippen molar-refractivity contribution in [3.8, 4) is 11.5 Å². The van der Waals surface area contributed by atoms with Crippen LogP contribution in [0.15, 0.2) is 77.7 Å². The van der Waals surface area contributed by atoms with E-state index in [1.807, 2.05) is 38.1 Å². The van der Waals surface area contributed by atoms with Crippen LogP contribution >= 0.6 is 0 Å². The molecule has 1 atom stereocenters. The van der Waals surface area contributed by atoms with Crippen LogP contribution in [-0.2, 0) is 26.2 Å². The molecule has 0 heterocycles. The first kappa shape index (κ1) is 31.9. The summed E-state index contributed by atoms with van der Waals surface area (Å²) < 4.78 is 40.2. The van der Waals surface area contributed by atoms with Gasteiger partial charge in [0.25, 0.3) is 10.0 Å². The first-order chi connectivity index (χ1) is 20.7. The summed E-state index contributed by atoms with van der Waals surface area (Å²) in [4.78, 5) is 29.5. The minimum Gasteiger partial charge on any atom is -0.497 e. The van der Waals surface area contributed by atoms with Crippen LogP contribution in [0, 0.1) is 6.92 Å². The number of methoxy groups -OCH3 is 2. The number of nitrogens with zero attached hydrogens (tertiary/aromatic N) is 2. The Morgan fingerprint density at radius 1 is 0.953 bits per heavy atom. The van der Waals surface area contributed by atoms with E-state index in [9.17, 15) is 18.0 Å². The molecule has 1 saturated carbocycles. The number of hydrogen-bond acceptors (Lipinski definition) is 6. The first-order valence-electron chi connectivity index (χ1n) is 14.6. The normalized spacial score (nSPS) is 14.1. The van der Waals surface area contributed by atoms with Crippen LogP contribution < -0.4 is 19.1 Å². The van der Waals surface area contributed by atoms with Gasteiger partial charge in [0, 0.05) is 18.7 Å². The van der Waals surface area contributed by atoms with Crippen molar-refractivity contribution >= 4 is 27.5 Å². The molecule has 1 unspecified atom stereocenters. The van der Waals surface area contributed by atoms with E-state index >= 15 is 0 Å². The Kier molecular flexibility index (Phi) is 10.7. The van der Waals surface area contributed by atoms with Crippen LogP contribution in [0.1, 0.15) is 50.2 Å². The van der Waals surface area contributed by atoms with E-state index in [1.165, 1.54) is 37.3 Å². The topological polar surface area (TPSA) is 105 Å². The van der Waals surface area contributed by atoms with E-state index in [4.69, 9.17) is 9.47 Å². The Balaban J connectivity index is 1.77. The number of rotatable bonds is 13. The van der Waals surface area contributed by atoms with Crippen molar-refractivity contribution in [2.45, 2.75) is 69.5 Å². The van der Waals surface area contributed by atoms with Crippen LogP contribution in [0.5, 0.6) is 11.5 Å². The van der Waals surface area contributed by atoms with Crippen LogP contribution in [0.3, 0.4) is 0 Å². The molecule has 1 aliphatic carbocycles. The van der Waals surface area contributed by atoms with E-state index in [1.54, 1.807) is 30.3 Å². The minimum absolute atomic E-state index is 0.0174. The van der Waals surface area contributed by atoms with Gasteiger partial charge in [-0.15, -0.1) is 0 Å². The SMILES string of the molecule is CCC(C(=O)NC1CCCC1)N(Cc1ccc(C)cc1)C(=O)CN(c1cc(OC)ccc1OC)S(=O)(=O)c1ccccc1. The molecule has 3 aromatic rings. The highest BCUT2D eigenvalue weighted by atomic mass is 32.2. The number of nitrogens with one attached hydrogen (secondary N) is 1. The highest BCUT2D eigenvalue weighted by Gasteiger charge is 2.35. The predicted octanol–water partition coefficient (Wildman–Crippen LogP) is 5.07. The molecule has 2 amide bonds. The molecule has 10 heteroatoms. The van der Waals surface area contributed by atoms with Crippen molar-refractivity contribution in [1.29, 1.82) is 0 Å². The standard InChI is InChI=1S/C33H41N3O6S/c1-5-29(33(38)34-26-11-9-10-12-26)35(22-25-17-15-24(2)16-18-25)32(37)23-36(43(39,40)28-13-7-6-8-14-28)30-21-27(41-3)19-20-31(30)42-4/h6-8,13-21,26,29H,5,9-12,22-23H2,1-4H3,(H,34,38). The summed E-state index contributed by atoms with van der Waals surface area (Å²) in [6, 6.07) is 19.7. The van der Waals surface area contributed by atoms with Gasteiger partial charge in [-0.25, -0.2) is 8.42 Å². The van der Waals surface area contributed by atoms with Crippen molar-refractivity contribution < 1.29 is 27.5 Å².